The zero-order valence-electron chi connectivity index (χ0n) is 24.4. The molecule has 0 radical (unpaired) electrons. The van der Waals surface area contributed by atoms with E-state index in [-0.39, 0.29) is 46.4 Å². The van der Waals surface area contributed by atoms with Crippen LogP contribution in [0.2, 0.25) is 0 Å². The number of nitrogens with two attached hydrogens (primary N) is 1. The number of carbonyl (C=O) groups excluding carboxylic acids is 1. The molecule has 6 rings (SSSR count). The molecule has 220 valence electrons. The van der Waals surface area contributed by atoms with E-state index in [9.17, 15) is 9.59 Å². The number of benzene rings is 3. The average Bonchev–Trinajstić information content (AvgIpc) is 3.07. The van der Waals surface area contributed by atoms with Gasteiger partial charge in [0.2, 0.25) is 0 Å². The maximum atomic E-state index is 10.9. The number of carboxylic acid groups (broad SMARTS) is 1. The molecule has 1 amide bonds. The van der Waals surface area contributed by atoms with Gasteiger partial charge in [-0.05, 0) is 85.7 Å². The number of rotatable bonds is 5. The van der Waals surface area contributed by atoms with Crippen LogP contribution >= 0.6 is 15.9 Å². The number of pyridine rings is 3. The van der Waals surface area contributed by atoms with Crippen molar-refractivity contribution >= 4 is 27.8 Å². The molecule has 3 aromatic heterocycles. The number of primary amides is 1. The average molecular weight is 672 g/mol. The number of hydrogen-bond acceptors (Lipinski definition) is 6. The summed E-state index contributed by atoms with van der Waals surface area (Å²) >= 11 is 3.35. The first-order valence-electron chi connectivity index (χ1n) is 13.1. The fourth-order valence-electron chi connectivity index (χ4n) is 3.95. The third-order valence-corrected chi connectivity index (χ3v) is 6.47. The van der Waals surface area contributed by atoms with Crippen LogP contribution in [0.4, 0.5) is 0 Å². The Kier molecular flexibility index (Phi) is 15.5. The largest absolute Gasteiger partial charge is 1.00 e. The van der Waals surface area contributed by atoms with Gasteiger partial charge in [0.05, 0.1) is 0 Å². The Morgan fingerprint density at radius 1 is 0.533 bits per heavy atom. The van der Waals surface area contributed by atoms with Gasteiger partial charge in [0.25, 0.3) is 5.91 Å². The minimum absolute atomic E-state index is 0. The van der Waals surface area contributed by atoms with Gasteiger partial charge in [-0.25, -0.2) is 14.8 Å². The summed E-state index contributed by atoms with van der Waals surface area (Å²) in [5.41, 5.74) is 11.8. The van der Waals surface area contributed by atoms with E-state index < -0.39 is 11.9 Å². The number of carboxylic acids is 1. The molecule has 0 atom stereocenters. The van der Waals surface area contributed by atoms with Crippen LogP contribution in [0.3, 0.4) is 0 Å². The number of halogens is 1. The topological polar surface area (TPSA) is 149 Å². The Morgan fingerprint density at radius 3 is 1.27 bits per heavy atom. The zero-order chi connectivity index (χ0) is 30.4. The molecule has 0 saturated heterocycles. The van der Waals surface area contributed by atoms with Crippen LogP contribution in [0.15, 0.2) is 151 Å². The summed E-state index contributed by atoms with van der Waals surface area (Å²) < 4.78 is 0.869. The van der Waals surface area contributed by atoms with Crippen LogP contribution in [-0.2, 0) is 0 Å². The van der Waals surface area contributed by atoms with E-state index in [1.54, 1.807) is 30.6 Å². The third-order valence-electron chi connectivity index (χ3n) is 6.04. The van der Waals surface area contributed by atoms with Crippen LogP contribution in [0.5, 0.6) is 0 Å². The van der Waals surface area contributed by atoms with Gasteiger partial charge in [-0.2, -0.15) is 0 Å². The van der Waals surface area contributed by atoms with Crippen LogP contribution in [0.25, 0.3) is 33.4 Å². The van der Waals surface area contributed by atoms with E-state index in [0.29, 0.717) is 0 Å². The predicted octanol–water partition coefficient (Wildman–Crippen LogP) is 4.63. The number of nitrogens with zero attached hydrogens (tertiary/aromatic N) is 3. The smallest absolute Gasteiger partial charge is 0.870 e. The second kappa shape index (κ2) is 19.0. The minimum Gasteiger partial charge on any atom is -0.870 e. The van der Waals surface area contributed by atoms with E-state index >= 15 is 0 Å². The third kappa shape index (κ3) is 11.5. The second-order valence-corrected chi connectivity index (χ2v) is 9.81. The van der Waals surface area contributed by atoms with Crippen molar-refractivity contribution < 1.29 is 49.7 Å². The summed E-state index contributed by atoms with van der Waals surface area (Å²) in [5.74, 6) is -1.51. The van der Waals surface area contributed by atoms with Gasteiger partial charge < -0.3 is 16.3 Å². The molecule has 3 aromatic carbocycles. The molecule has 3 heterocycles. The maximum Gasteiger partial charge on any atom is 1.00 e. The summed E-state index contributed by atoms with van der Waals surface area (Å²) in [6.07, 6.45) is 4.89. The Hall–Kier alpha value is -4.51. The number of aromatic carboxylic acids is 1. The quantitative estimate of drug-likeness (QED) is 0.201. The first kappa shape index (κ1) is 36.7. The number of hydrogen-bond donors (Lipinski definition) is 2. The first-order valence-corrected chi connectivity index (χ1v) is 13.9. The molecule has 0 fully saturated rings. The fourth-order valence-corrected chi connectivity index (χ4v) is 4.31. The molecule has 4 N–H and O–H groups in total. The maximum absolute atomic E-state index is 10.9. The molecule has 6 aromatic rings. The zero-order valence-corrected chi connectivity index (χ0v) is 28.0. The van der Waals surface area contributed by atoms with Crippen molar-refractivity contribution in [3.63, 3.8) is 0 Å². The Bertz CT molecular complexity index is 1700. The molecule has 0 unspecified atom stereocenters. The normalized spacial score (nSPS) is 9.44. The van der Waals surface area contributed by atoms with E-state index in [1.807, 2.05) is 97.1 Å². The van der Waals surface area contributed by atoms with E-state index in [4.69, 9.17) is 10.8 Å². The fraction of sp³-hybridized carbons (Fsp3) is 0. The molecular formula is C35H28BrN4NaO4. The molecule has 0 bridgehead atoms. The van der Waals surface area contributed by atoms with Crippen molar-refractivity contribution in [3.8, 4) is 33.4 Å². The van der Waals surface area contributed by atoms with Crippen molar-refractivity contribution in [1.29, 1.82) is 0 Å². The molecule has 0 aliphatic rings. The van der Waals surface area contributed by atoms with Crippen molar-refractivity contribution in [2.24, 2.45) is 5.73 Å². The van der Waals surface area contributed by atoms with Crippen molar-refractivity contribution in [3.05, 3.63) is 162 Å². The van der Waals surface area contributed by atoms with Crippen LogP contribution in [-0.4, -0.2) is 37.4 Å². The molecule has 0 saturated carbocycles. The Labute approximate surface area is 291 Å². The molecule has 0 aliphatic heterocycles. The van der Waals surface area contributed by atoms with Gasteiger partial charge >= 0.3 is 35.5 Å². The minimum atomic E-state index is -1.01. The van der Waals surface area contributed by atoms with Crippen molar-refractivity contribution in [2.75, 3.05) is 0 Å². The first-order chi connectivity index (χ1) is 20.9. The number of amides is 1. The summed E-state index contributed by atoms with van der Waals surface area (Å²) in [6.45, 7) is 0. The van der Waals surface area contributed by atoms with Gasteiger partial charge in [-0.1, -0.05) is 91.0 Å². The van der Waals surface area contributed by atoms with Gasteiger partial charge in [0.15, 0.2) is 0 Å². The van der Waals surface area contributed by atoms with Crippen LogP contribution < -0.4 is 35.3 Å². The van der Waals surface area contributed by atoms with E-state index in [0.717, 1.165) is 26.9 Å². The molecule has 10 heteroatoms. The monoisotopic (exact) mass is 670 g/mol. The molecule has 0 aliphatic carbocycles. The van der Waals surface area contributed by atoms with E-state index in [1.165, 1.54) is 17.3 Å². The summed E-state index contributed by atoms with van der Waals surface area (Å²) in [6, 6.07) is 40.5. The molecule has 0 spiro atoms. The predicted molar refractivity (Wildman–Crippen MR) is 174 cm³/mol. The van der Waals surface area contributed by atoms with Crippen LogP contribution in [0.1, 0.15) is 21.0 Å². The number of carbonyl (C=O) groups is 2. The van der Waals surface area contributed by atoms with Gasteiger partial charge in [-0.3, -0.25) is 9.78 Å². The van der Waals surface area contributed by atoms with Crippen LogP contribution in [0, 0.1) is 0 Å². The van der Waals surface area contributed by atoms with E-state index in [2.05, 4.69) is 43.0 Å². The summed E-state index contributed by atoms with van der Waals surface area (Å²) in [5, 5.41) is 8.79. The summed E-state index contributed by atoms with van der Waals surface area (Å²) in [7, 11) is 0. The van der Waals surface area contributed by atoms with Gasteiger partial charge in [-0.15, -0.1) is 0 Å². The van der Waals surface area contributed by atoms with Crippen molar-refractivity contribution in [1.82, 2.24) is 15.0 Å². The van der Waals surface area contributed by atoms with Gasteiger partial charge in [0.1, 0.15) is 16.0 Å². The molecule has 45 heavy (non-hydrogen) atoms. The molecule has 8 nitrogen and oxygen atoms in total. The Morgan fingerprint density at radius 2 is 0.889 bits per heavy atom. The standard InChI is InChI=1S/C12H10N2O.C12H9NO2.C11H8BrN.Na.H2O/c13-12(15)11-8-10(6-7-14-11)9-4-2-1-3-5-9;14-12(15)11-8-10(6-7-13-11)9-4-2-1-3-5-9;12-11-8-10(6-7-13-11)9-4-2-1-3-5-9;;/h1-8H,(H2,13,15);1-8H,(H,14,15);1-8H;;1H2/q;;;+1;/p-1. The number of aromatic nitrogens is 3. The van der Waals surface area contributed by atoms with Crippen molar-refractivity contribution in [2.45, 2.75) is 0 Å². The summed E-state index contributed by atoms with van der Waals surface area (Å²) in [4.78, 5) is 33.4. The second-order valence-electron chi connectivity index (χ2n) is 8.99. The SMILES string of the molecule is Brc1cc(-c2ccccc2)ccn1.NC(=O)c1cc(-c2ccccc2)ccn1.O=C(O)c1cc(-c2ccccc2)ccn1.[Na+].[OH-]. The van der Waals surface area contributed by atoms with Gasteiger partial charge in [0, 0.05) is 18.6 Å². The molecular weight excluding hydrogens is 643 g/mol. The Balaban J connectivity index is 0.000000231.